The number of phenols is 2. The lowest BCUT2D eigenvalue weighted by Crippen LogP contribution is -2.11. The van der Waals surface area contributed by atoms with Gasteiger partial charge in [0.15, 0.2) is 0 Å². The Hall–Kier alpha value is -3.42. The quantitative estimate of drug-likeness (QED) is 0.464. The molecular formula is C21H15ClN4O2S. The van der Waals surface area contributed by atoms with E-state index in [2.05, 4.69) is 15.1 Å². The highest BCUT2D eigenvalue weighted by Gasteiger charge is 2.12. The van der Waals surface area contributed by atoms with Crippen LogP contribution in [-0.4, -0.2) is 26.1 Å². The number of thiazole rings is 1. The van der Waals surface area contributed by atoms with Gasteiger partial charge in [-0.15, -0.1) is 11.3 Å². The fourth-order valence-electron chi connectivity index (χ4n) is 2.61. The minimum Gasteiger partial charge on any atom is -0.508 e. The number of hydrogen-bond acceptors (Lipinski definition) is 6. The highest BCUT2D eigenvalue weighted by molar-refractivity contribution is 7.07. The Morgan fingerprint density at radius 3 is 2.59 bits per heavy atom. The standard InChI is InChI=1S/C21H15ClN4O2S/c22-14-4-6-15(7-5-14)25-21-26(24-12-16-3-1-2-10-23-16)19(13-29-21)18-9-8-17(27)11-20(18)28/h1-13,27-28H/b24-12+,25-21?. The fourth-order valence-corrected chi connectivity index (χ4v) is 3.58. The number of nitrogens with zero attached hydrogens (tertiary/aromatic N) is 4. The number of rotatable bonds is 4. The zero-order valence-electron chi connectivity index (χ0n) is 15.0. The Labute approximate surface area is 175 Å². The van der Waals surface area contributed by atoms with Crippen molar-refractivity contribution in [2.24, 2.45) is 10.1 Å². The van der Waals surface area contributed by atoms with Crippen LogP contribution in [0.25, 0.3) is 11.3 Å². The molecule has 2 N–H and O–H groups in total. The molecule has 0 atom stereocenters. The minimum absolute atomic E-state index is 0.0175. The molecule has 29 heavy (non-hydrogen) atoms. The van der Waals surface area contributed by atoms with E-state index in [1.807, 2.05) is 35.7 Å². The molecule has 0 aliphatic rings. The number of aromatic nitrogens is 2. The van der Waals surface area contributed by atoms with E-state index in [4.69, 9.17) is 11.6 Å². The van der Waals surface area contributed by atoms with Crippen LogP contribution < -0.4 is 4.80 Å². The van der Waals surface area contributed by atoms with Crippen LogP contribution in [0.3, 0.4) is 0 Å². The lowest BCUT2D eigenvalue weighted by molar-refractivity contribution is 0.451. The van der Waals surface area contributed by atoms with Crippen molar-refractivity contribution in [3.63, 3.8) is 0 Å². The largest absolute Gasteiger partial charge is 0.508 e. The molecule has 2 heterocycles. The molecule has 0 radical (unpaired) electrons. The molecular weight excluding hydrogens is 408 g/mol. The first-order valence-electron chi connectivity index (χ1n) is 8.59. The second-order valence-corrected chi connectivity index (χ2v) is 7.28. The molecule has 4 rings (SSSR count). The van der Waals surface area contributed by atoms with Crippen molar-refractivity contribution in [1.82, 2.24) is 9.66 Å². The first-order chi connectivity index (χ1) is 14.1. The van der Waals surface area contributed by atoms with Gasteiger partial charge in [-0.25, -0.2) is 9.67 Å². The summed E-state index contributed by atoms with van der Waals surface area (Å²) in [7, 11) is 0. The van der Waals surface area contributed by atoms with Crippen molar-refractivity contribution in [1.29, 1.82) is 0 Å². The van der Waals surface area contributed by atoms with Gasteiger partial charge in [0, 0.05) is 28.2 Å². The van der Waals surface area contributed by atoms with Gasteiger partial charge < -0.3 is 10.2 Å². The van der Waals surface area contributed by atoms with Gasteiger partial charge in [0.2, 0.25) is 4.80 Å². The SMILES string of the molecule is Oc1ccc(-c2csc(=Nc3ccc(Cl)cc3)n2/N=C/c2ccccn2)c(O)c1. The molecule has 144 valence electrons. The van der Waals surface area contributed by atoms with E-state index in [9.17, 15) is 10.2 Å². The molecule has 0 bridgehead atoms. The van der Waals surface area contributed by atoms with E-state index in [-0.39, 0.29) is 11.5 Å². The molecule has 8 heteroatoms. The van der Waals surface area contributed by atoms with Gasteiger partial charge in [-0.05, 0) is 48.5 Å². The van der Waals surface area contributed by atoms with E-state index in [1.54, 1.807) is 35.3 Å². The van der Waals surface area contributed by atoms with Crippen LogP contribution in [0, 0.1) is 0 Å². The van der Waals surface area contributed by atoms with Gasteiger partial charge in [0.1, 0.15) is 11.5 Å². The van der Waals surface area contributed by atoms with E-state index in [0.717, 1.165) is 5.69 Å². The van der Waals surface area contributed by atoms with E-state index < -0.39 is 0 Å². The molecule has 0 spiro atoms. The summed E-state index contributed by atoms with van der Waals surface area (Å²) >= 11 is 7.33. The van der Waals surface area contributed by atoms with E-state index in [1.165, 1.54) is 23.5 Å². The first kappa shape index (κ1) is 18.9. The summed E-state index contributed by atoms with van der Waals surface area (Å²) in [6.45, 7) is 0. The summed E-state index contributed by atoms with van der Waals surface area (Å²) in [5.41, 5.74) is 2.56. The van der Waals surface area contributed by atoms with Crippen molar-refractivity contribution in [2.75, 3.05) is 0 Å². The highest BCUT2D eigenvalue weighted by Crippen LogP contribution is 2.32. The average Bonchev–Trinajstić information content (AvgIpc) is 3.11. The Bertz CT molecular complexity index is 1230. The monoisotopic (exact) mass is 422 g/mol. The second kappa shape index (κ2) is 8.30. The van der Waals surface area contributed by atoms with Crippen LogP contribution in [0.4, 0.5) is 5.69 Å². The Kier molecular flexibility index (Phi) is 5.41. The molecule has 6 nitrogen and oxygen atoms in total. The number of aromatic hydroxyl groups is 2. The number of hydrogen-bond donors (Lipinski definition) is 2. The van der Waals surface area contributed by atoms with Crippen molar-refractivity contribution in [3.05, 3.63) is 87.8 Å². The number of pyridine rings is 1. The summed E-state index contributed by atoms with van der Waals surface area (Å²) in [4.78, 5) is 9.49. The third-order valence-corrected chi connectivity index (χ3v) is 5.06. The van der Waals surface area contributed by atoms with Crippen LogP contribution in [0.5, 0.6) is 11.5 Å². The summed E-state index contributed by atoms with van der Waals surface area (Å²) in [5.74, 6) is -0.0706. The maximum Gasteiger partial charge on any atom is 0.211 e. The van der Waals surface area contributed by atoms with Crippen LogP contribution in [0.2, 0.25) is 5.02 Å². The third-order valence-electron chi connectivity index (χ3n) is 3.99. The molecule has 2 aromatic heterocycles. The molecule has 0 aliphatic heterocycles. The number of benzene rings is 2. The maximum atomic E-state index is 10.3. The van der Waals surface area contributed by atoms with Crippen LogP contribution in [0.15, 0.2) is 82.3 Å². The smallest absolute Gasteiger partial charge is 0.211 e. The zero-order chi connectivity index (χ0) is 20.2. The Morgan fingerprint density at radius 1 is 1.03 bits per heavy atom. The average molecular weight is 423 g/mol. The minimum atomic E-state index is -0.0531. The maximum absolute atomic E-state index is 10.3. The summed E-state index contributed by atoms with van der Waals surface area (Å²) < 4.78 is 1.63. The summed E-state index contributed by atoms with van der Waals surface area (Å²) in [5, 5.41) is 26.9. The lowest BCUT2D eigenvalue weighted by Gasteiger charge is -2.06. The molecule has 4 aromatic rings. The van der Waals surface area contributed by atoms with Crippen LogP contribution in [0.1, 0.15) is 5.69 Å². The normalized spacial score (nSPS) is 12.0. The fraction of sp³-hybridized carbons (Fsp3) is 0. The van der Waals surface area contributed by atoms with Gasteiger partial charge >= 0.3 is 0 Å². The van der Waals surface area contributed by atoms with Crippen molar-refractivity contribution < 1.29 is 10.2 Å². The van der Waals surface area contributed by atoms with Gasteiger partial charge in [0.05, 0.1) is 23.3 Å². The van der Waals surface area contributed by atoms with Crippen LogP contribution >= 0.6 is 22.9 Å². The van der Waals surface area contributed by atoms with Gasteiger partial charge in [-0.1, -0.05) is 17.7 Å². The third kappa shape index (κ3) is 4.37. The van der Waals surface area contributed by atoms with Crippen molar-refractivity contribution in [3.8, 4) is 22.8 Å². The number of halogens is 1. The van der Waals surface area contributed by atoms with Crippen molar-refractivity contribution >= 4 is 34.8 Å². The van der Waals surface area contributed by atoms with E-state index in [0.29, 0.717) is 26.8 Å². The molecule has 0 amide bonds. The summed E-state index contributed by atoms with van der Waals surface area (Å²) in [6, 6.07) is 17.1. The van der Waals surface area contributed by atoms with Gasteiger partial charge in [-0.2, -0.15) is 5.10 Å². The zero-order valence-corrected chi connectivity index (χ0v) is 16.5. The molecule has 0 saturated carbocycles. The predicted octanol–water partition coefficient (Wildman–Crippen LogP) is 4.79. The Balaban J connectivity index is 1.86. The molecule has 2 aromatic carbocycles. The van der Waals surface area contributed by atoms with Crippen LogP contribution in [-0.2, 0) is 0 Å². The number of phenolic OH excluding ortho intramolecular Hbond substituents is 2. The van der Waals surface area contributed by atoms with Crippen molar-refractivity contribution in [2.45, 2.75) is 0 Å². The lowest BCUT2D eigenvalue weighted by atomic mass is 10.1. The Morgan fingerprint density at radius 2 is 1.86 bits per heavy atom. The second-order valence-electron chi connectivity index (χ2n) is 6.00. The highest BCUT2D eigenvalue weighted by atomic mass is 35.5. The first-order valence-corrected chi connectivity index (χ1v) is 9.84. The van der Waals surface area contributed by atoms with Gasteiger partial charge in [0.25, 0.3) is 0 Å². The molecule has 0 saturated heterocycles. The summed E-state index contributed by atoms with van der Waals surface area (Å²) in [6.07, 6.45) is 3.31. The molecule has 0 aliphatic carbocycles. The molecule has 0 unspecified atom stereocenters. The molecule has 0 fully saturated rings. The van der Waals surface area contributed by atoms with E-state index >= 15 is 0 Å². The topological polar surface area (TPSA) is 83.0 Å². The van der Waals surface area contributed by atoms with Gasteiger partial charge in [-0.3, -0.25) is 4.98 Å². The predicted molar refractivity (Wildman–Crippen MR) is 115 cm³/mol.